The molecule has 10 nitrogen and oxygen atoms in total. The second kappa shape index (κ2) is 18.6. The van der Waals surface area contributed by atoms with E-state index in [0.29, 0.717) is 44.4 Å². The summed E-state index contributed by atoms with van der Waals surface area (Å²) >= 11 is 0. The summed E-state index contributed by atoms with van der Waals surface area (Å²) in [6, 6.07) is 12.7. The number of hydrogen-bond acceptors (Lipinski definition) is 6. The lowest BCUT2D eigenvalue weighted by Gasteiger charge is -2.40. The van der Waals surface area contributed by atoms with E-state index in [2.05, 4.69) is 17.6 Å². The molecule has 0 spiro atoms. The summed E-state index contributed by atoms with van der Waals surface area (Å²) in [5.41, 5.74) is 1.39. The van der Waals surface area contributed by atoms with Crippen molar-refractivity contribution in [1.82, 2.24) is 25.1 Å². The van der Waals surface area contributed by atoms with Crippen LogP contribution in [0.4, 0.5) is 13.6 Å². The normalized spacial score (nSPS) is 17.6. The number of imidazole rings is 1. The summed E-state index contributed by atoms with van der Waals surface area (Å²) in [6.07, 6.45) is 5.19. The minimum Gasteiger partial charge on any atom is -0.465 e. The quantitative estimate of drug-likeness (QED) is 0.174. The Kier molecular flexibility index (Phi) is 14.3. The average Bonchev–Trinajstić information content (AvgIpc) is 3.75. The largest absolute Gasteiger partial charge is 0.465 e. The van der Waals surface area contributed by atoms with Gasteiger partial charge in [-0.25, -0.2) is 18.6 Å². The van der Waals surface area contributed by atoms with Gasteiger partial charge in [0.15, 0.2) is 0 Å². The van der Waals surface area contributed by atoms with Gasteiger partial charge in [-0.2, -0.15) is 0 Å². The van der Waals surface area contributed by atoms with Crippen LogP contribution < -0.4 is 10.6 Å². The van der Waals surface area contributed by atoms with Gasteiger partial charge in [0.2, 0.25) is 0 Å². The van der Waals surface area contributed by atoms with Gasteiger partial charge in [-0.3, -0.25) is 4.79 Å². The molecular weight excluding hydrogens is 620 g/mol. The predicted molar refractivity (Wildman–Crippen MR) is 179 cm³/mol. The molecule has 2 amide bonds. The van der Waals surface area contributed by atoms with Gasteiger partial charge in [0.05, 0.1) is 11.7 Å². The lowest BCUT2D eigenvalue weighted by atomic mass is 9.88. The van der Waals surface area contributed by atoms with E-state index in [1.807, 2.05) is 34.9 Å². The molecule has 3 aromatic rings. The highest BCUT2D eigenvalue weighted by Gasteiger charge is 2.39. The van der Waals surface area contributed by atoms with Gasteiger partial charge in [-0.1, -0.05) is 50.1 Å². The summed E-state index contributed by atoms with van der Waals surface area (Å²) in [6.45, 7) is 7.89. The van der Waals surface area contributed by atoms with E-state index in [-0.39, 0.29) is 23.3 Å². The van der Waals surface area contributed by atoms with Crippen LogP contribution in [0, 0.1) is 23.5 Å². The second-order valence-electron chi connectivity index (χ2n) is 12.6. The first-order valence-corrected chi connectivity index (χ1v) is 17.0. The number of aliphatic hydroxyl groups excluding tert-OH is 1. The fourth-order valence-corrected chi connectivity index (χ4v) is 6.33. The molecule has 262 valence electrons. The summed E-state index contributed by atoms with van der Waals surface area (Å²) < 4.78 is 36.7. The van der Waals surface area contributed by atoms with Crippen LogP contribution in [-0.2, 0) is 16.1 Å². The number of aliphatic hydroxyl groups is 1. The zero-order valence-corrected chi connectivity index (χ0v) is 27.9. The van der Waals surface area contributed by atoms with E-state index in [9.17, 15) is 23.5 Å². The second-order valence-corrected chi connectivity index (χ2v) is 12.6. The van der Waals surface area contributed by atoms with E-state index in [0.717, 1.165) is 75.4 Å². The first-order chi connectivity index (χ1) is 23.2. The molecule has 0 bridgehead atoms. The molecule has 48 heavy (non-hydrogen) atoms. The topological polar surface area (TPSA) is 129 Å². The molecule has 2 aliphatic rings. The number of nitrogens with zero attached hydrogens (tertiary/aromatic N) is 3. The van der Waals surface area contributed by atoms with Gasteiger partial charge in [-0.05, 0) is 81.3 Å². The fraction of sp³-hybridized carbons (Fsp3) is 0.528. The Morgan fingerprint density at radius 3 is 2.52 bits per heavy atom. The third-order valence-corrected chi connectivity index (χ3v) is 8.83. The molecule has 3 atom stereocenters. The van der Waals surface area contributed by atoms with Crippen molar-refractivity contribution in [1.29, 1.82) is 0 Å². The molecule has 3 heterocycles. The monoisotopic (exact) mass is 669 g/mol. The lowest BCUT2D eigenvalue weighted by molar-refractivity contribution is -0.145. The molecule has 2 aromatic carbocycles. The molecular formula is C36H49F2N5O5. The van der Waals surface area contributed by atoms with E-state index < -0.39 is 29.9 Å². The number of nitrogens with one attached hydrogen (secondary N) is 2. The highest BCUT2D eigenvalue weighted by molar-refractivity contribution is 5.80. The van der Waals surface area contributed by atoms with Crippen LogP contribution in [0.1, 0.15) is 69.8 Å². The van der Waals surface area contributed by atoms with Crippen molar-refractivity contribution in [2.45, 2.75) is 71.1 Å². The van der Waals surface area contributed by atoms with Crippen LogP contribution in [0.5, 0.6) is 0 Å². The van der Waals surface area contributed by atoms with Crippen LogP contribution >= 0.6 is 0 Å². The number of carbonyl (C=O) groups is 2. The Labute approximate surface area is 281 Å². The fourth-order valence-electron chi connectivity index (χ4n) is 6.33. The zero-order valence-electron chi connectivity index (χ0n) is 27.9. The third-order valence-electron chi connectivity index (χ3n) is 8.83. The summed E-state index contributed by atoms with van der Waals surface area (Å²) in [7, 11) is 0. The SMILES string of the molecule is CCCCCNC(=O)O.C[C@H](O)C(=O)N(CC1CCNC1)C(c1nc(-c2cc(F)ccc2F)cn1Cc1ccccc1)C1CCOCC1. The summed E-state index contributed by atoms with van der Waals surface area (Å²) in [5.74, 6) is -0.601. The minimum absolute atomic E-state index is 0.0259. The van der Waals surface area contributed by atoms with Crippen molar-refractivity contribution < 1.29 is 33.3 Å². The molecule has 12 heteroatoms. The molecule has 2 unspecified atom stereocenters. The van der Waals surface area contributed by atoms with E-state index in [4.69, 9.17) is 14.8 Å². The first-order valence-electron chi connectivity index (χ1n) is 17.0. The van der Waals surface area contributed by atoms with Crippen LogP contribution in [0.25, 0.3) is 11.3 Å². The zero-order chi connectivity index (χ0) is 34.5. The first kappa shape index (κ1) is 37.0. The van der Waals surface area contributed by atoms with Crippen molar-refractivity contribution >= 4 is 12.0 Å². The van der Waals surface area contributed by atoms with E-state index in [1.165, 1.54) is 6.92 Å². The molecule has 0 radical (unpaired) electrons. The van der Waals surface area contributed by atoms with Gasteiger partial charge >= 0.3 is 6.09 Å². The number of benzene rings is 2. The van der Waals surface area contributed by atoms with Crippen molar-refractivity contribution in [2.24, 2.45) is 11.8 Å². The van der Waals surface area contributed by atoms with Crippen molar-refractivity contribution in [3.63, 3.8) is 0 Å². The average molecular weight is 670 g/mol. The van der Waals surface area contributed by atoms with Gasteiger partial charge in [0, 0.05) is 44.6 Å². The van der Waals surface area contributed by atoms with Crippen LogP contribution in [0.2, 0.25) is 0 Å². The molecule has 2 saturated heterocycles. The van der Waals surface area contributed by atoms with Crippen molar-refractivity contribution in [3.8, 4) is 11.3 Å². The maximum Gasteiger partial charge on any atom is 0.404 e. The van der Waals surface area contributed by atoms with Crippen molar-refractivity contribution in [2.75, 3.05) is 39.4 Å². The maximum atomic E-state index is 14.9. The smallest absolute Gasteiger partial charge is 0.404 e. The predicted octanol–water partition coefficient (Wildman–Crippen LogP) is 5.61. The maximum absolute atomic E-state index is 14.9. The lowest BCUT2D eigenvalue weighted by Crippen LogP contribution is -2.47. The minimum atomic E-state index is -1.18. The Morgan fingerprint density at radius 2 is 1.88 bits per heavy atom. The van der Waals surface area contributed by atoms with Crippen LogP contribution in [-0.4, -0.2) is 82.2 Å². The molecule has 1 aromatic heterocycles. The molecule has 4 N–H and O–H groups in total. The Balaban J connectivity index is 0.000000508. The van der Waals surface area contributed by atoms with Crippen LogP contribution in [0.15, 0.2) is 54.7 Å². The highest BCUT2D eigenvalue weighted by Crippen LogP contribution is 2.38. The molecule has 0 saturated carbocycles. The Morgan fingerprint density at radius 1 is 1.12 bits per heavy atom. The van der Waals surface area contributed by atoms with Gasteiger partial charge in [0.25, 0.3) is 5.91 Å². The van der Waals surface area contributed by atoms with Gasteiger partial charge < -0.3 is 35.1 Å². The van der Waals surface area contributed by atoms with Gasteiger partial charge in [0.1, 0.15) is 23.6 Å². The number of halogens is 2. The highest BCUT2D eigenvalue weighted by atomic mass is 19.1. The number of carbonyl (C=O) groups excluding carboxylic acids is 1. The Hall–Kier alpha value is -3.87. The van der Waals surface area contributed by atoms with E-state index in [1.54, 1.807) is 11.1 Å². The molecule has 2 fully saturated rings. The molecule has 0 aliphatic carbocycles. The number of unbranched alkanes of at least 4 members (excludes halogenated alkanes) is 2. The number of carboxylic acid groups (broad SMARTS) is 1. The Bertz CT molecular complexity index is 1440. The molecule has 5 rings (SSSR count). The number of ether oxygens (including phenoxy) is 1. The van der Waals surface area contributed by atoms with Crippen molar-refractivity contribution in [3.05, 3.63) is 77.8 Å². The van der Waals surface area contributed by atoms with Crippen LogP contribution in [0.3, 0.4) is 0 Å². The van der Waals surface area contributed by atoms with E-state index >= 15 is 0 Å². The van der Waals surface area contributed by atoms with Gasteiger partial charge in [-0.15, -0.1) is 0 Å². The number of amides is 2. The molecule has 2 aliphatic heterocycles. The summed E-state index contributed by atoms with van der Waals surface area (Å²) in [5, 5.41) is 24.2. The number of aromatic nitrogens is 2. The third kappa shape index (κ3) is 10.6. The number of hydrogen-bond donors (Lipinski definition) is 4. The summed E-state index contributed by atoms with van der Waals surface area (Å²) in [4.78, 5) is 30.2. The standard InChI is InChI=1S/C30H36F2N4O3.C6H13NO2/c1-20(37)30(38)36(18-22-9-12-33-16-22)28(23-10-13-39-14-11-23)29-34-27(25-15-24(31)7-8-26(25)32)19-35(29)17-21-5-3-2-4-6-21;1-2-3-4-5-7-6(8)9/h2-8,15,19-20,22-23,28,33,37H,9-14,16-18H2,1H3;7H,2-5H2,1H3,(H,8,9)/t20-,22?,28?;/m0./s1. The number of rotatable bonds is 13.